The average Bonchev–Trinajstić information content (AvgIpc) is 2.59. The molecule has 1 heterocycles. The molecule has 1 saturated heterocycles. The summed E-state index contributed by atoms with van der Waals surface area (Å²) >= 11 is 0. The van der Waals surface area contributed by atoms with Gasteiger partial charge in [0.05, 0.1) is 12.1 Å². The number of ketones is 1. The highest BCUT2D eigenvalue weighted by molar-refractivity contribution is 5.89. The van der Waals surface area contributed by atoms with E-state index in [1.165, 1.54) is 4.90 Å². The number of rotatable bonds is 0. The minimum absolute atomic E-state index is 0.0273. The molecular formula is C14H21F2NO3. The highest BCUT2D eigenvalue weighted by Gasteiger charge is 2.53. The van der Waals surface area contributed by atoms with Gasteiger partial charge in [-0.3, -0.25) is 9.69 Å². The minimum atomic E-state index is -2.68. The molecule has 1 spiro atoms. The first-order valence-electron chi connectivity index (χ1n) is 6.93. The normalized spacial score (nSPS) is 25.1. The molecule has 0 N–H and O–H groups in total. The summed E-state index contributed by atoms with van der Waals surface area (Å²) in [6.07, 6.45) is -0.647. The number of carbonyl (C=O) groups excluding carboxylic acids is 2. The molecule has 1 aliphatic heterocycles. The van der Waals surface area contributed by atoms with Crippen LogP contribution in [0.5, 0.6) is 0 Å². The summed E-state index contributed by atoms with van der Waals surface area (Å²) in [6.45, 7) is 5.19. The Kier molecular flexibility index (Phi) is 3.55. The van der Waals surface area contributed by atoms with E-state index in [1.807, 2.05) is 0 Å². The van der Waals surface area contributed by atoms with E-state index in [0.717, 1.165) is 0 Å². The molecule has 2 aliphatic rings. The Balaban J connectivity index is 2.15. The second-order valence-electron chi connectivity index (χ2n) is 6.86. The molecular weight excluding hydrogens is 268 g/mol. The lowest BCUT2D eigenvalue weighted by atomic mass is 9.78. The molecule has 2 rings (SSSR count). The van der Waals surface area contributed by atoms with Crippen molar-refractivity contribution in [3.63, 3.8) is 0 Å². The van der Waals surface area contributed by atoms with Crippen LogP contribution in [0.4, 0.5) is 13.6 Å². The fourth-order valence-corrected chi connectivity index (χ4v) is 2.97. The third-order valence-corrected chi connectivity index (χ3v) is 3.96. The summed E-state index contributed by atoms with van der Waals surface area (Å²) in [6, 6.07) is 0. The number of alkyl halides is 2. The van der Waals surface area contributed by atoms with Crippen molar-refractivity contribution in [2.45, 2.75) is 69.9 Å². The molecule has 6 heteroatoms. The maximum Gasteiger partial charge on any atom is 0.411 e. The Bertz CT molecular complexity index is 419. The molecule has 0 unspecified atom stereocenters. The largest absolute Gasteiger partial charge is 0.444 e. The third-order valence-electron chi connectivity index (χ3n) is 3.96. The number of Topliss-reactive ketones (excluding diaryl/α,β-unsaturated/α-hetero) is 1. The third kappa shape index (κ3) is 3.10. The zero-order valence-corrected chi connectivity index (χ0v) is 12.2. The number of amides is 1. The van der Waals surface area contributed by atoms with Gasteiger partial charge in [-0.1, -0.05) is 0 Å². The molecule has 0 aromatic carbocycles. The Labute approximate surface area is 117 Å². The number of hydrogen-bond acceptors (Lipinski definition) is 3. The highest BCUT2D eigenvalue weighted by Crippen LogP contribution is 2.46. The standard InChI is InChI=1S/C14H21F2NO3/c1-12(2,3)20-11(19)17-9-10(18)8-13(17)4-6-14(15,16)7-5-13/h4-9H2,1-3H3. The number of hydrogen-bond donors (Lipinski definition) is 0. The van der Waals surface area contributed by atoms with Gasteiger partial charge in [-0.25, -0.2) is 13.6 Å². The van der Waals surface area contributed by atoms with Crippen LogP contribution in [0.3, 0.4) is 0 Å². The van der Waals surface area contributed by atoms with Gasteiger partial charge in [0.25, 0.3) is 0 Å². The van der Waals surface area contributed by atoms with Crippen molar-refractivity contribution in [1.29, 1.82) is 0 Å². The highest BCUT2D eigenvalue weighted by atomic mass is 19.3. The zero-order chi connectivity index (χ0) is 15.2. The van der Waals surface area contributed by atoms with Crippen LogP contribution in [0.2, 0.25) is 0 Å². The van der Waals surface area contributed by atoms with Gasteiger partial charge >= 0.3 is 6.09 Å². The van der Waals surface area contributed by atoms with Gasteiger partial charge in [0.15, 0.2) is 5.78 Å². The molecule has 20 heavy (non-hydrogen) atoms. The van der Waals surface area contributed by atoms with E-state index in [2.05, 4.69) is 0 Å². The van der Waals surface area contributed by atoms with E-state index in [9.17, 15) is 18.4 Å². The maximum atomic E-state index is 13.3. The summed E-state index contributed by atoms with van der Waals surface area (Å²) in [5.41, 5.74) is -1.43. The van der Waals surface area contributed by atoms with Crippen molar-refractivity contribution >= 4 is 11.9 Å². The summed E-state index contributed by atoms with van der Waals surface area (Å²) < 4.78 is 31.9. The number of carbonyl (C=O) groups is 2. The number of likely N-dealkylation sites (tertiary alicyclic amines) is 1. The monoisotopic (exact) mass is 289 g/mol. The Morgan fingerprint density at radius 3 is 2.25 bits per heavy atom. The molecule has 114 valence electrons. The van der Waals surface area contributed by atoms with Crippen LogP contribution in [-0.2, 0) is 9.53 Å². The van der Waals surface area contributed by atoms with Crippen LogP contribution in [0.25, 0.3) is 0 Å². The molecule has 0 radical (unpaired) electrons. The lowest BCUT2D eigenvalue weighted by Crippen LogP contribution is -2.52. The summed E-state index contributed by atoms with van der Waals surface area (Å²) in [4.78, 5) is 25.3. The van der Waals surface area contributed by atoms with Crippen LogP contribution < -0.4 is 0 Å². The van der Waals surface area contributed by atoms with Gasteiger partial charge in [-0.2, -0.15) is 0 Å². The van der Waals surface area contributed by atoms with Gasteiger partial charge in [0, 0.05) is 19.3 Å². The van der Waals surface area contributed by atoms with Crippen molar-refractivity contribution < 1.29 is 23.1 Å². The number of nitrogens with zero attached hydrogens (tertiary/aromatic N) is 1. The Hall–Kier alpha value is -1.20. The van der Waals surface area contributed by atoms with Gasteiger partial charge in [-0.05, 0) is 33.6 Å². The first kappa shape index (κ1) is 15.2. The van der Waals surface area contributed by atoms with E-state index in [4.69, 9.17) is 4.74 Å². The molecule has 0 bridgehead atoms. The first-order valence-corrected chi connectivity index (χ1v) is 6.93. The van der Waals surface area contributed by atoms with E-state index < -0.39 is 23.2 Å². The summed E-state index contributed by atoms with van der Waals surface area (Å²) in [5.74, 6) is -2.77. The van der Waals surface area contributed by atoms with E-state index in [1.54, 1.807) is 20.8 Å². The Morgan fingerprint density at radius 2 is 1.75 bits per heavy atom. The molecule has 1 aliphatic carbocycles. The fourth-order valence-electron chi connectivity index (χ4n) is 2.97. The SMILES string of the molecule is CC(C)(C)OC(=O)N1CC(=O)CC12CCC(F)(F)CC2. The summed E-state index contributed by atoms with van der Waals surface area (Å²) in [5, 5.41) is 0. The summed E-state index contributed by atoms with van der Waals surface area (Å²) in [7, 11) is 0. The van der Waals surface area contributed by atoms with Gasteiger partial charge in [0.1, 0.15) is 5.60 Å². The second kappa shape index (κ2) is 4.67. The van der Waals surface area contributed by atoms with Crippen molar-refractivity contribution in [3.05, 3.63) is 0 Å². The van der Waals surface area contributed by atoms with Crippen molar-refractivity contribution in [2.75, 3.05) is 6.54 Å². The fraction of sp³-hybridized carbons (Fsp3) is 0.857. The molecule has 1 amide bonds. The van der Waals surface area contributed by atoms with Gasteiger partial charge < -0.3 is 4.74 Å². The van der Waals surface area contributed by atoms with Crippen molar-refractivity contribution in [2.24, 2.45) is 0 Å². The molecule has 4 nitrogen and oxygen atoms in total. The molecule has 0 aromatic rings. The predicted octanol–water partition coefficient (Wildman–Crippen LogP) is 3.14. The zero-order valence-electron chi connectivity index (χ0n) is 12.2. The molecule has 0 aromatic heterocycles. The second-order valence-corrected chi connectivity index (χ2v) is 6.86. The average molecular weight is 289 g/mol. The number of halogens is 2. The van der Waals surface area contributed by atoms with E-state index in [0.29, 0.717) is 0 Å². The molecule has 0 atom stereocenters. The minimum Gasteiger partial charge on any atom is -0.444 e. The lowest BCUT2D eigenvalue weighted by molar-refractivity contribution is -0.117. The van der Waals surface area contributed by atoms with E-state index >= 15 is 0 Å². The van der Waals surface area contributed by atoms with Crippen molar-refractivity contribution in [1.82, 2.24) is 4.90 Å². The van der Waals surface area contributed by atoms with Crippen LogP contribution in [-0.4, -0.2) is 40.4 Å². The lowest BCUT2D eigenvalue weighted by Gasteiger charge is -2.43. The van der Waals surface area contributed by atoms with Gasteiger partial charge in [0.2, 0.25) is 5.92 Å². The number of ether oxygens (including phenoxy) is 1. The van der Waals surface area contributed by atoms with Crippen LogP contribution in [0, 0.1) is 0 Å². The topological polar surface area (TPSA) is 46.6 Å². The van der Waals surface area contributed by atoms with Crippen molar-refractivity contribution in [3.8, 4) is 0 Å². The maximum absolute atomic E-state index is 13.3. The quantitative estimate of drug-likeness (QED) is 0.688. The Morgan fingerprint density at radius 1 is 1.20 bits per heavy atom. The van der Waals surface area contributed by atoms with Gasteiger partial charge in [-0.15, -0.1) is 0 Å². The molecule has 1 saturated carbocycles. The van der Waals surface area contributed by atoms with E-state index in [-0.39, 0.29) is 44.4 Å². The van der Waals surface area contributed by atoms with Crippen LogP contribution >= 0.6 is 0 Å². The molecule has 2 fully saturated rings. The van der Waals surface area contributed by atoms with Crippen LogP contribution in [0.1, 0.15) is 52.9 Å². The predicted molar refractivity (Wildman–Crippen MR) is 68.7 cm³/mol. The van der Waals surface area contributed by atoms with Crippen LogP contribution in [0.15, 0.2) is 0 Å². The first-order chi connectivity index (χ1) is 9.03. The smallest absolute Gasteiger partial charge is 0.411 e.